The number of H-pyrrole nitrogens is 2. The van der Waals surface area contributed by atoms with Crippen molar-refractivity contribution < 1.29 is 28.7 Å². The van der Waals surface area contributed by atoms with E-state index in [4.69, 9.17) is 9.47 Å². The molecule has 0 aliphatic carbocycles. The number of carbonyl (C=O) groups excluding carboxylic acids is 4. The molecule has 1 aliphatic rings. The Balaban J connectivity index is 1.09. The summed E-state index contributed by atoms with van der Waals surface area (Å²) >= 11 is 0. The van der Waals surface area contributed by atoms with Crippen molar-refractivity contribution >= 4 is 29.9 Å². The number of benzene rings is 3. The maximum Gasteiger partial charge on any atom is 0.408 e. The second-order valence-corrected chi connectivity index (χ2v) is 15.4. The molecule has 57 heavy (non-hydrogen) atoms. The highest BCUT2D eigenvalue weighted by Crippen LogP contribution is 2.33. The predicted octanol–water partition coefficient (Wildman–Crippen LogP) is 7.25. The van der Waals surface area contributed by atoms with E-state index in [0.717, 1.165) is 46.4 Å². The van der Waals surface area contributed by atoms with Gasteiger partial charge in [-0.15, -0.1) is 0 Å². The molecule has 6 rings (SSSR count). The molecule has 3 heterocycles. The Morgan fingerprint density at radius 1 is 0.807 bits per heavy atom. The van der Waals surface area contributed by atoms with Crippen molar-refractivity contribution in [3.05, 3.63) is 103 Å². The quantitative estimate of drug-likeness (QED) is 0.0878. The second-order valence-electron chi connectivity index (χ2n) is 15.4. The first-order chi connectivity index (χ1) is 27.3. The van der Waals surface area contributed by atoms with Crippen molar-refractivity contribution in [1.29, 1.82) is 0 Å². The first-order valence-electron chi connectivity index (χ1n) is 19.1. The van der Waals surface area contributed by atoms with Gasteiger partial charge in [-0.1, -0.05) is 92.7 Å². The third-order valence-electron chi connectivity index (χ3n) is 9.67. The van der Waals surface area contributed by atoms with Crippen molar-refractivity contribution in [2.75, 3.05) is 19.0 Å². The van der Waals surface area contributed by atoms with Crippen LogP contribution in [0.2, 0.25) is 0 Å². The van der Waals surface area contributed by atoms with Crippen molar-refractivity contribution in [2.24, 2.45) is 5.92 Å². The number of likely N-dealkylation sites (tertiary alicyclic amines) is 1. The van der Waals surface area contributed by atoms with Gasteiger partial charge in [0.15, 0.2) is 0 Å². The topological polar surface area (TPSA) is 183 Å². The number of aromatic nitrogens is 4. The molecule has 0 radical (unpaired) electrons. The van der Waals surface area contributed by atoms with Crippen molar-refractivity contribution in [3.63, 3.8) is 0 Å². The number of anilines is 1. The third kappa shape index (κ3) is 10.3. The highest BCUT2D eigenvalue weighted by molar-refractivity contribution is 5.95. The minimum Gasteiger partial charge on any atom is -0.453 e. The Morgan fingerprint density at radius 2 is 1.40 bits per heavy atom. The minimum atomic E-state index is -0.897. The fourth-order valence-corrected chi connectivity index (χ4v) is 6.77. The Labute approximate surface area is 332 Å². The van der Waals surface area contributed by atoms with E-state index in [9.17, 15) is 19.2 Å². The van der Waals surface area contributed by atoms with Crippen LogP contribution in [-0.4, -0.2) is 80.2 Å². The Hall–Kier alpha value is -6.44. The highest BCUT2D eigenvalue weighted by Gasteiger charge is 2.37. The van der Waals surface area contributed by atoms with Crippen LogP contribution in [0.1, 0.15) is 64.9 Å². The van der Waals surface area contributed by atoms with Gasteiger partial charge in [0.05, 0.1) is 36.9 Å². The molecule has 0 saturated carbocycles. The number of amides is 4. The zero-order valence-electron chi connectivity index (χ0n) is 33.1. The number of alkyl carbamates (subject to hydrolysis) is 2. The third-order valence-corrected chi connectivity index (χ3v) is 9.67. The Kier molecular flexibility index (Phi) is 12.4. The van der Waals surface area contributed by atoms with Crippen LogP contribution < -0.4 is 16.0 Å². The zero-order chi connectivity index (χ0) is 40.7. The van der Waals surface area contributed by atoms with Crippen LogP contribution in [-0.2, 0) is 25.5 Å². The number of methoxy groups -OCH3 is 1. The maximum atomic E-state index is 13.5. The summed E-state index contributed by atoms with van der Waals surface area (Å²) < 4.78 is 10.2. The lowest BCUT2D eigenvalue weighted by atomic mass is 10.0. The van der Waals surface area contributed by atoms with Gasteiger partial charge in [-0.05, 0) is 67.3 Å². The second kappa shape index (κ2) is 17.6. The SMILES string of the molecule is COC(=O)N[C@H](C(=O)N1CCC[C@H]1c1ncc(-c2ccc(-c3ccc(-c4cnc(NC(=O)[C@H](Cc5ccccc5)NC(=O)OC(C)(C)C)[nH]4)cc3)cc2)[nH]1)C(C)C. The maximum absolute atomic E-state index is 13.5. The summed E-state index contributed by atoms with van der Waals surface area (Å²) in [6.45, 7) is 9.66. The van der Waals surface area contributed by atoms with E-state index in [0.29, 0.717) is 18.1 Å². The van der Waals surface area contributed by atoms with Gasteiger partial charge >= 0.3 is 12.2 Å². The molecular formula is C43H50N8O6. The molecule has 2 aromatic heterocycles. The number of rotatable bonds is 12. The molecule has 1 fully saturated rings. The number of nitrogens with zero attached hydrogens (tertiary/aromatic N) is 3. The first kappa shape index (κ1) is 40.2. The van der Waals surface area contributed by atoms with E-state index in [1.807, 2.05) is 92.7 Å². The van der Waals surface area contributed by atoms with Crippen LogP contribution in [0.5, 0.6) is 0 Å². The zero-order valence-corrected chi connectivity index (χ0v) is 33.1. The highest BCUT2D eigenvalue weighted by atomic mass is 16.6. The molecule has 5 N–H and O–H groups in total. The average molecular weight is 775 g/mol. The van der Waals surface area contributed by atoms with Gasteiger partial charge in [-0.25, -0.2) is 19.6 Å². The van der Waals surface area contributed by atoms with Crippen LogP contribution in [0.15, 0.2) is 91.3 Å². The smallest absolute Gasteiger partial charge is 0.408 e. The summed E-state index contributed by atoms with van der Waals surface area (Å²) in [5.41, 5.74) is 5.59. The lowest BCUT2D eigenvalue weighted by molar-refractivity contribution is -0.135. The molecule has 5 aromatic rings. The summed E-state index contributed by atoms with van der Waals surface area (Å²) in [6, 6.07) is 23.8. The molecule has 0 bridgehead atoms. The summed E-state index contributed by atoms with van der Waals surface area (Å²) in [5, 5.41) is 8.18. The number of hydrogen-bond acceptors (Lipinski definition) is 8. The number of nitrogens with one attached hydrogen (secondary N) is 5. The number of carbonyl (C=O) groups is 4. The molecule has 14 nitrogen and oxygen atoms in total. The number of ether oxygens (including phenoxy) is 2. The molecule has 0 unspecified atom stereocenters. The van der Waals surface area contributed by atoms with Crippen LogP contribution in [0, 0.1) is 5.92 Å². The van der Waals surface area contributed by atoms with E-state index in [1.165, 1.54) is 7.11 Å². The van der Waals surface area contributed by atoms with E-state index < -0.39 is 35.8 Å². The lowest BCUT2D eigenvalue weighted by Gasteiger charge is -2.30. The Morgan fingerprint density at radius 3 is 2.00 bits per heavy atom. The normalized spacial score (nSPS) is 15.1. The van der Waals surface area contributed by atoms with Gasteiger partial charge in [0.1, 0.15) is 23.5 Å². The number of aromatic amines is 2. The van der Waals surface area contributed by atoms with Gasteiger partial charge < -0.3 is 35.0 Å². The van der Waals surface area contributed by atoms with Gasteiger partial charge in [0, 0.05) is 13.0 Å². The Bertz CT molecular complexity index is 2160. The summed E-state index contributed by atoms with van der Waals surface area (Å²) in [6.07, 6.45) is 4.00. The molecule has 0 spiro atoms. The number of hydrogen-bond donors (Lipinski definition) is 5. The molecule has 1 aliphatic heterocycles. The van der Waals surface area contributed by atoms with Crippen LogP contribution in [0.25, 0.3) is 33.6 Å². The molecule has 3 atom stereocenters. The molecule has 14 heteroatoms. The van der Waals surface area contributed by atoms with Crippen LogP contribution >= 0.6 is 0 Å². The number of imidazole rings is 2. The summed E-state index contributed by atoms with van der Waals surface area (Å²) in [4.78, 5) is 68.9. The van der Waals surface area contributed by atoms with E-state index in [-0.39, 0.29) is 30.2 Å². The van der Waals surface area contributed by atoms with Crippen LogP contribution in [0.3, 0.4) is 0 Å². The lowest BCUT2D eigenvalue weighted by Crippen LogP contribution is -2.51. The standard InChI is InChI=1S/C43H50N8O6/c1-26(2)36(49-41(54)56-6)39(53)51-22-10-13-35(51)37-44-24-33(46-37)30-18-14-28(15-19-30)29-16-20-31(21-17-29)34-25-45-40(47-34)50-38(52)32(23-27-11-8-7-9-12-27)48-42(55)57-43(3,4)5/h7-9,11-12,14-21,24-26,32,35-36H,10,13,22-23H2,1-6H3,(H,44,46)(H,48,55)(H,49,54)(H2,45,47,50,52)/t32-,35-,36-/m0/s1. The largest absolute Gasteiger partial charge is 0.453 e. The predicted molar refractivity (Wildman–Crippen MR) is 217 cm³/mol. The van der Waals surface area contributed by atoms with E-state index in [1.54, 1.807) is 38.1 Å². The van der Waals surface area contributed by atoms with Crippen molar-refractivity contribution in [2.45, 2.75) is 77.6 Å². The fraction of sp³-hybridized carbons (Fsp3) is 0.349. The van der Waals surface area contributed by atoms with Crippen LogP contribution in [0.4, 0.5) is 15.5 Å². The van der Waals surface area contributed by atoms with E-state index >= 15 is 0 Å². The summed E-state index contributed by atoms with van der Waals surface area (Å²) in [7, 11) is 1.28. The summed E-state index contributed by atoms with van der Waals surface area (Å²) in [5.74, 6) is 0.267. The van der Waals surface area contributed by atoms with Gasteiger partial charge in [-0.2, -0.15) is 0 Å². The molecule has 3 aromatic carbocycles. The molecule has 4 amide bonds. The molecular weight excluding hydrogens is 725 g/mol. The fourth-order valence-electron chi connectivity index (χ4n) is 6.77. The van der Waals surface area contributed by atoms with Crippen molar-refractivity contribution in [3.8, 4) is 33.6 Å². The average Bonchev–Trinajstić information content (AvgIpc) is 3.98. The molecule has 298 valence electrons. The monoisotopic (exact) mass is 774 g/mol. The van der Waals surface area contributed by atoms with Gasteiger partial charge in [-0.3, -0.25) is 14.9 Å². The van der Waals surface area contributed by atoms with Gasteiger partial charge in [0.2, 0.25) is 17.8 Å². The van der Waals surface area contributed by atoms with Gasteiger partial charge in [0.25, 0.3) is 0 Å². The van der Waals surface area contributed by atoms with Crippen molar-refractivity contribution in [1.82, 2.24) is 35.5 Å². The molecule has 1 saturated heterocycles. The van der Waals surface area contributed by atoms with E-state index in [2.05, 4.69) is 35.9 Å². The first-order valence-corrected chi connectivity index (χ1v) is 19.1. The minimum absolute atomic E-state index is 0.112.